The van der Waals surface area contributed by atoms with Gasteiger partial charge < -0.3 is 0 Å². The van der Waals surface area contributed by atoms with Gasteiger partial charge in [-0.05, 0) is 36.1 Å². The van der Waals surface area contributed by atoms with Gasteiger partial charge >= 0.3 is 0 Å². The molecule has 0 radical (unpaired) electrons. The van der Waals surface area contributed by atoms with Crippen molar-refractivity contribution in [2.75, 3.05) is 6.26 Å². The van der Waals surface area contributed by atoms with Crippen molar-refractivity contribution < 1.29 is 0 Å². The fourth-order valence-electron chi connectivity index (χ4n) is 1.70. The third-order valence-corrected chi connectivity index (χ3v) is 4.72. The molecule has 112 valence electrons. The summed E-state index contributed by atoms with van der Waals surface area (Å²) >= 11 is 9.01. The highest BCUT2D eigenvalue weighted by Gasteiger charge is 2.04. The summed E-state index contributed by atoms with van der Waals surface area (Å²) in [6.07, 6.45) is 3.78. The highest BCUT2D eigenvalue weighted by Crippen LogP contribution is 2.32. The zero-order valence-corrected chi connectivity index (χ0v) is 14.3. The summed E-state index contributed by atoms with van der Waals surface area (Å²) < 4.78 is 0. The third kappa shape index (κ3) is 4.99. The molecule has 0 heterocycles. The molecule has 22 heavy (non-hydrogen) atoms. The normalized spacial score (nSPS) is 11.0. The van der Waals surface area contributed by atoms with Crippen molar-refractivity contribution in [2.24, 2.45) is 4.99 Å². The molecule has 2 aromatic rings. The van der Waals surface area contributed by atoms with Crippen LogP contribution in [0.4, 0.5) is 5.69 Å². The molecule has 0 aliphatic carbocycles. The molecule has 0 saturated heterocycles. The van der Waals surface area contributed by atoms with Gasteiger partial charge in [-0.3, -0.25) is 5.32 Å². The molecular weight excluding hydrogens is 334 g/mol. The molecule has 0 fully saturated rings. The number of para-hydroxylation sites is 1. The Bertz CT molecular complexity index is 693. The van der Waals surface area contributed by atoms with E-state index in [1.54, 1.807) is 11.8 Å². The molecular formula is C16H14ClN3S2. The van der Waals surface area contributed by atoms with E-state index in [2.05, 4.69) is 10.3 Å². The third-order valence-electron chi connectivity index (χ3n) is 2.75. The molecule has 0 atom stereocenters. The van der Waals surface area contributed by atoms with Crippen molar-refractivity contribution >= 4 is 46.0 Å². The monoisotopic (exact) mass is 347 g/mol. The van der Waals surface area contributed by atoms with Gasteiger partial charge in [-0.15, -0.1) is 11.8 Å². The largest absolute Gasteiger partial charge is 0.271 e. The maximum atomic E-state index is 8.72. The maximum Gasteiger partial charge on any atom is 0.183 e. The van der Waals surface area contributed by atoms with Crippen molar-refractivity contribution in [3.63, 3.8) is 0 Å². The number of hydrogen-bond acceptors (Lipinski definition) is 4. The summed E-state index contributed by atoms with van der Waals surface area (Å²) in [6.45, 7) is 0. The smallest absolute Gasteiger partial charge is 0.183 e. The van der Waals surface area contributed by atoms with Gasteiger partial charge in [0.2, 0.25) is 0 Å². The highest BCUT2D eigenvalue weighted by atomic mass is 35.5. The Morgan fingerprint density at radius 3 is 2.64 bits per heavy atom. The Balaban J connectivity index is 2.14. The minimum absolute atomic E-state index is 0.585. The maximum absolute atomic E-state index is 8.72. The molecule has 0 saturated carbocycles. The fraction of sp³-hybridized carbons (Fsp3) is 0.125. The van der Waals surface area contributed by atoms with Crippen LogP contribution in [0.15, 0.2) is 58.4 Å². The summed E-state index contributed by atoms with van der Waals surface area (Å²) in [7, 11) is 0. The van der Waals surface area contributed by atoms with Crippen LogP contribution in [0.5, 0.6) is 0 Å². The molecule has 0 unspecified atom stereocenters. The van der Waals surface area contributed by atoms with Crippen molar-refractivity contribution in [3.05, 3.63) is 59.1 Å². The van der Waals surface area contributed by atoms with Crippen LogP contribution in [-0.4, -0.2) is 11.4 Å². The predicted octanol–water partition coefficient (Wildman–Crippen LogP) is 5.05. The SMILES string of the molecule is CSC(=Nc1ccccc1SCc1ccc(Cl)cc1)NC#N. The number of amidine groups is 1. The number of nitrogens with zero attached hydrogens (tertiary/aromatic N) is 2. The van der Waals surface area contributed by atoms with Crippen LogP contribution in [0.1, 0.15) is 5.56 Å². The Hall–Kier alpha value is -1.61. The van der Waals surface area contributed by atoms with E-state index in [1.807, 2.05) is 61.0 Å². The second kappa shape index (κ2) is 8.74. The number of benzene rings is 2. The molecule has 1 N–H and O–H groups in total. The fourth-order valence-corrected chi connectivity index (χ4v) is 3.11. The lowest BCUT2D eigenvalue weighted by atomic mass is 10.2. The minimum atomic E-state index is 0.585. The van der Waals surface area contributed by atoms with Gasteiger partial charge in [0.05, 0.1) is 5.69 Å². The van der Waals surface area contributed by atoms with Crippen LogP contribution in [0.3, 0.4) is 0 Å². The van der Waals surface area contributed by atoms with Crippen molar-refractivity contribution in [1.82, 2.24) is 5.32 Å². The second-order valence-electron chi connectivity index (χ2n) is 4.24. The van der Waals surface area contributed by atoms with Crippen molar-refractivity contribution in [1.29, 1.82) is 5.26 Å². The van der Waals surface area contributed by atoms with Crippen LogP contribution in [0.2, 0.25) is 5.02 Å². The summed E-state index contributed by atoms with van der Waals surface area (Å²) in [5.41, 5.74) is 2.06. The molecule has 0 aliphatic rings. The summed E-state index contributed by atoms with van der Waals surface area (Å²) in [5.74, 6) is 0.837. The van der Waals surface area contributed by atoms with Crippen LogP contribution < -0.4 is 5.32 Å². The van der Waals surface area contributed by atoms with E-state index >= 15 is 0 Å². The first-order valence-corrected chi connectivity index (χ1v) is 9.06. The molecule has 6 heteroatoms. The lowest BCUT2D eigenvalue weighted by Crippen LogP contribution is -2.12. The van der Waals surface area contributed by atoms with E-state index in [9.17, 15) is 0 Å². The van der Waals surface area contributed by atoms with Crippen LogP contribution >= 0.6 is 35.1 Å². The molecule has 3 nitrogen and oxygen atoms in total. The molecule has 0 spiro atoms. The number of hydrogen-bond donors (Lipinski definition) is 1. The number of rotatable bonds is 4. The molecule has 2 rings (SSSR count). The Labute approximate surface area is 143 Å². The Kier molecular flexibility index (Phi) is 6.66. The summed E-state index contributed by atoms with van der Waals surface area (Å²) in [4.78, 5) is 5.57. The van der Waals surface area contributed by atoms with E-state index in [-0.39, 0.29) is 0 Å². The molecule has 0 aromatic heterocycles. The standard InChI is InChI=1S/C16H14ClN3S2/c1-21-16(19-11-18)20-14-4-2-3-5-15(14)22-10-12-6-8-13(17)9-7-12/h2-9H,10H2,1H3,(H,19,20). The summed E-state index contributed by atoms with van der Waals surface area (Å²) in [6, 6.07) is 15.7. The number of nitrogens with one attached hydrogen (secondary N) is 1. The van der Waals surface area contributed by atoms with E-state index in [0.29, 0.717) is 5.17 Å². The van der Waals surface area contributed by atoms with E-state index < -0.39 is 0 Å². The van der Waals surface area contributed by atoms with Gasteiger partial charge in [0.25, 0.3) is 0 Å². The van der Waals surface area contributed by atoms with Crippen LogP contribution in [-0.2, 0) is 5.75 Å². The predicted molar refractivity (Wildman–Crippen MR) is 96.8 cm³/mol. The quantitative estimate of drug-likeness (QED) is 0.276. The van der Waals surface area contributed by atoms with Crippen LogP contribution in [0, 0.1) is 11.5 Å². The lowest BCUT2D eigenvalue weighted by molar-refractivity contribution is 1.26. The van der Waals surface area contributed by atoms with E-state index in [4.69, 9.17) is 16.9 Å². The number of aliphatic imine (C=N–C) groups is 1. The van der Waals surface area contributed by atoms with Gasteiger partial charge in [-0.2, -0.15) is 5.26 Å². The van der Waals surface area contributed by atoms with E-state index in [0.717, 1.165) is 21.4 Å². The number of thioether (sulfide) groups is 2. The Morgan fingerprint density at radius 2 is 1.95 bits per heavy atom. The van der Waals surface area contributed by atoms with Gasteiger partial charge in [0.15, 0.2) is 11.4 Å². The second-order valence-corrected chi connectivity index (χ2v) is 6.49. The number of nitriles is 1. The molecule has 0 amide bonds. The van der Waals surface area contributed by atoms with Gasteiger partial charge in [0, 0.05) is 15.7 Å². The topological polar surface area (TPSA) is 48.2 Å². The van der Waals surface area contributed by atoms with Gasteiger partial charge in [-0.25, -0.2) is 4.99 Å². The minimum Gasteiger partial charge on any atom is -0.271 e. The highest BCUT2D eigenvalue weighted by molar-refractivity contribution is 8.13. The first-order valence-electron chi connectivity index (χ1n) is 6.47. The molecule has 2 aromatic carbocycles. The van der Waals surface area contributed by atoms with Crippen molar-refractivity contribution in [3.8, 4) is 6.19 Å². The first kappa shape index (κ1) is 16.8. The molecule has 0 aliphatic heterocycles. The van der Waals surface area contributed by atoms with Crippen molar-refractivity contribution in [2.45, 2.75) is 10.6 Å². The first-order chi connectivity index (χ1) is 10.7. The van der Waals surface area contributed by atoms with Gasteiger partial charge in [0.1, 0.15) is 0 Å². The molecule has 0 bridgehead atoms. The summed E-state index contributed by atoms with van der Waals surface area (Å²) in [5, 5.41) is 12.6. The average Bonchev–Trinajstić information content (AvgIpc) is 2.55. The number of halogens is 1. The van der Waals surface area contributed by atoms with Crippen LogP contribution in [0.25, 0.3) is 0 Å². The van der Waals surface area contributed by atoms with Gasteiger partial charge in [-0.1, -0.05) is 47.6 Å². The average molecular weight is 348 g/mol. The Morgan fingerprint density at radius 1 is 1.23 bits per heavy atom. The van der Waals surface area contributed by atoms with E-state index in [1.165, 1.54) is 17.3 Å². The zero-order valence-electron chi connectivity index (χ0n) is 11.9. The zero-order chi connectivity index (χ0) is 15.8. The lowest BCUT2D eigenvalue weighted by Gasteiger charge is -2.07.